The molecule has 2 atom stereocenters. The largest absolute Gasteiger partial charge is 0.478 e. The Morgan fingerprint density at radius 2 is 1.08 bits per heavy atom. The Morgan fingerprint density at radius 1 is 0.615 bits per heavy atom. The van der Waals surface area contributed by atoms with Gasteiger partial charge >= 0.3 is 0 Å². The van der Waals surface area contributed by atoms with Crippen LogP contribution in [0.4, 0.5) is 0 Å². The minimum atomic E-state index is -0.104. The molecule has 3 saturated carbocycles. The molecule has 3 aliphatic carbocycles. The minimum absolute atomic E-state index is 0.104. The highest BCUT2D eigenvalue weighted by Crippen LogP contribution is 2.48. The summed E-state index contributed by atoms with van der Waals surface area (Å²) in [5.74, 6) is 3.42. The third-order valence-corrected chi connectivity index (χ3v) is 7.76. The second-order valence-corrected chi connectivity index (χ2v) is 9.36. The molecule has 0 aromatic carbocycles. The molecule has 2 heterocycles. The van der Waals surface area contributed by atoms with E-state index in [9.17, 15) is 0 Å². The summed E-state index contributed by atoms with van der Waals surface area (Å²) in [6.07, 6.45) is 17.1. The summed E-state index contributed by atoms with van der Waals surface area (Å²) in [6, 6.07) is 0.776. The fourth-order valence-electron chi connectivity index (χ4n) is 5.87. The lowest BCUT2D eigenvalue weighted by atomic mass is 9.68. The number of rotatable bonds is 4. The normalized spacial score (nSPS) is 35.2. The first kappa shape index (κ1) is 17.1. The Kier molecular flexibility index (Phi) is 4.70. The van der Waals surface area contributed by atoms with Crippen molar-refractivity contribution >= 4 is 11.8 Å². The van der Waals surface area contributed by atoms with Gasteiger partial charge in [0.25, 0.3) is 0 Å². The van der Waals surface area contributed by atoms with Gasteiger partial charge in [0, 0.05) is 0 Å². The molecule has 5 rings (SSSR count). The first-order chi connectivity index (χ1) is 12.9. The summed E-state index contributed by atoms with van der Waals surface area (Å²) >= 11 is 0. The van der Waals surface area contributed by atoms with Crippen LogP contribution < -0.4 is 0 Å². The van der Waals surface area contributed by atoms with E-state index in [2.05, 4.69) is 0 Å². The molecule has 4 nitrogen and oxygen atoms in total. The molecule has 0 saturated heterocycles. The van der Waals surface area contributed by atoms with Crippen molar-refractivity contribution in [1.29, 1.82) is 0 Å². The Hall–Kier alpha value is -1.06. The average molecular weight is 359 g/mol. The van der Waals surface area contributed by atoms with Gasteiger partial charge in [0.1, 0.15) is 18.6 Å². The Labute approximate surface area is 157 Å². The van der Waals surface area contributed by atoms with Crippen molar-refractivity contribution in [3.63, 3.8) is 0 Å². The first-order valence-electron chi connectivity index (χ1n) is 11.3. The monoisotopic (exact) mass is 358 g/mol. The molecule has 5 aliphatic rings. The van der Waals surface area contributed by atoms with Crippen LogP contribution in [0.5, 0.6) is 0 Å². The number of hydrogen-bond donors (Lipinski definition) is 0. The summed E-state index contributed by atoms with van der Waals surface area (Å²) < 4.78 is 12.4. The van der Waals surface area contributed by atoms with Crippen molar-refractivity contribution in [2.45, 2.75) is 95.6 Å². The quantitative estimate of drug-likeness (QED) is 0.716. The van der Waals surface area contributed by atoms with Crippen molar-refractivity contribution < 1.29 is 9.47 Å². The molecule has 0 spiro atoms. The molecule has 0 unspecified atom stereocenters. The van der Waals surface area contributed by atoms with Crippen LogP contribution in [0.25, 0.3) is 0 Å². The van der Waals surface area contributed by atoms with E-state index in [1.165, 1.54) is 70.6 Å². The topological polar surface area (TPSA) is 43.2 Å². The average Bonchev–Trinajstić information content (AvgIpc) is 3.33. The van der Waals surface area contributed by atoms with Gasteiger partial charge < -0.3 is 9.47 Å². The van der Waals surface area contributed by atoms with E-state index in [-0.39, 0.29) is 5.41 Å². The summed E-state index contributed by atoms with van der Waals surface area (Å²) in [5, 5.41) is 0. The maximum Gasteiger partial charge on any atom is 0.199 e. The molecule has 2 aliphatic heterocycles. The van der Waals surface area contributed by atoms with E-state index in [0.717, 1.165) is 49.7 Å². The van der Waals surface area contributed by atoms with Crippen LogP contribution in [-0.2, 0) is 9.47 Å². The maximum atomic E-state index is 6.21. The van der Waals surface area contributed by atoms with Crippen molar-refractivity contribution in [3.05, 3.63) is 0 Å². The lowest BCUT2D eigenvalue weighted by Crippen LogP contribution is -2.45. The predicted molar refractivity (Wildman–Crippen MR) is 104 cm³/mol. The molecule has 144 valence electrons. The van der Waals surface area contributed by atoms with Crippen molar-refractivity contribution in [2.24, 2.45) is 27.2 Å². The van der Waals surface area contributed by atoms with Crippen LogP contribution in [0, 0.1) is 17.3 Å². The molecule has 0 aromatic rings. The molecule has 0 bridgehead atoms. The molecule has 0 aromatic heterocycles. The Balaban J connectivity index is 1.32. The number of aliphatic imine (C=N–C) groups is 2. The zero-order chi connectivity index (χ0) is 17.4. The van der Waals surface area contributed by atoms with Crippen LogP contribution in [0.3, 0.4) is 0 Å². The van der Waals surface area contributed by atoms with E-state index >= 15 is 0 Å². The molecule has 0 amide bonds. The highest BCUT2D eigenvalue weighted by atomic mass is 16.5. The minimum Gasteiger partial charge on any atom is -0.478 e. The van der Waals surface area contributed by atoms with E-state index in [4.69, 9.17) is 19.5 Å². The van der Waals surface area contributed by atoms with Gasteiger partial charge in [0.2, 0.25) is 0 Å². The highest BCUT2D eigenvalue weighted by Gasteiger charge is 2.53. The van der Waals surface area contributed by atoms with E-state index in [1.54, 1.807) is 0 Å². The van der Waals surface area contributed by atoms with Gasteiger partial charge in [-0.2, -0.15) is 0 Å². The van der Waals surface area contributed by atoms with Gasteiger partial charge in [-0.05, 0) is 50.4 Å². The number of hydrogen-bond acceptors (Lipinski definition) is 4. The maximum absolute atomic E-state index is 6.21. The molecular formula is C22H34N2O2. The molecule has 26 heavy (non-hydrogen) atoms. The van der Waals surface area contributed by atoms with Crippen molar-refractivity contribution in [2.75, 3.05) is 13.2 Å². The van der Waals surface area contributed by atoms with Crippen LogP contribution in [-0.4, -0.2) is 37.1 Å². The van der Waals surface area contributed by atoms with Gasteiger partial charge in [-0.15, -0.1) is 0 Å². The van der Waals surface area contributed by atoms with Crippen LogP contribution in [0.1, 0.15) is 83.5 Å². The summed E-state index contributed by atoms with van der Waals surface area (Å²) in [6.45, 7) is 1.59. The second-order valence-electron chi connectivity index (χ2n) is 9.36. The van der Waals surface area contributed by atoms with E-state index in [1.807, 2.05) is 0 Å². The number of ether oxygens (including phenoxy) is 2. The summed E-state index contributed by atoms with van der Waals surface area (Å²) in [4.78, 5) is 10.2. The Morgan fingerprint density at radius 3 is 1.46 bits per heavy atom. The smallest absolute Gasteiger partial charge is 0.199 e. The number of nitrogens with zero attached hydrogens (tertiary/aromatic N) is 2. The molecule has 4 heteroatoms. The lowest BCUT2D eigenvalue weighted by Gasteiger charge is -2.39. The third-order valence-electron chi connectivity index (χ3n) is 7.76. The van der Waals surface area contributed by atoms with Gasteiger partial charge in [-0.3, -0.25) is 0 Å². The van der Waals surface area contributed by atoms with Crippen molar-refractivity contribution in [1.82, 2.24) is 0 Å². The van der Waals surface area contributed by atoms with Gasteiger partial charge in [0.15, 0.2) is 11.8 Å². The first-order valence-corrected chi connectivity index (χ1v) is 11.3. The highest BCUT2D eigenvalue weighted by molar-refractivity contribution is 6.07. The molecule has 3 fully saturated rings. The van der Waals surface area contributed by atoms with Crippen molar-refractivity contribution in [3.8, 4) is 0 Å². The van der Waals surface area contributed by atoms with Gasteiger partial charge in [-0.1, -0.05) is 44.9 Å². The van der Waals surface area contributed by atoms with Crippen LogP contribution in [0.2, 0.25) is 0 Å². The lowest BCUT2D eigenvalue weighted by molar-refractivity contribution is 0.180. The predicted octanol–water partition coefficient (Wildman–Crippen LogP) is 4.91. The summed E-state index contributed by atoms with van der Waals surface area (Å²) in [5.41, 5.74) is -0.104. The van der Waals surface area contributed by atoms with Crippen LogP contribution >= 0.6 is 0 Å². The molecular weight excluding hydrogens is 324 g/mol. The van der Waals surface area contributed by atoms with Gasteiger partial charge in [0.05, 0.1) is 12.1 Å². The van der Waals surface area contributed by atoms with E-state index < -0.39 is 0 Å². The third kappa shape index (κ3) is 2.97. The van der Waals surface area contributed by atoms with Crippen LogP contribution in [0.15, 0.2) is 9.98 Å². The zero-order valence-corrected chi connectivity index (χ0v) is 16.1. The summed E-state index contributed by atoms with van der Waals surface area (Å²) in [7, 11) is 0. The zero-order valence-electron chi connectivity index (χ0n) is 16.1. The second kappa shape index (κ2) is 7.16. The SMILES string of the molecule is C1CCC([C@@H]2COC(C3(C4=N[C@H](C5CCCCC5)CO4)CCC3)=N2)CC1. The fourth-order valence-corrected chi connectivity index (χ4v) is 5.87. The van der Waals surface area contributed by atoms with E-state index in [0.29, 0.717) is 12.1 Å². The molecule has 0 radical (unpaired) electrons. The van der Waals surface area contributed by atoms with Gasteiger partial charge in [-0.25, -0.2) is 9.98 Å². The standard InChI is InChI=1S/C22H34N2O2/c1-3-8-16(9-4-1)18-14-25-20(23-18)22(12-7-13-22)21-24-19(15-26-21)17-10-5-2-6-11-17/h16-19H,1-15H2/t18-,19-/m0/s1. The fraction of sp³-hybridized carbons (Fsp3) is 0.909. The Bertz CT molecular complexity index is 523. The molecule has 0 N–H and O–H groups in total.